The second kappa shape index (κ2) is 9.62. The molecule has 2 atom stereocenters. The molecule has 1 amide bonds. The highest BCUT2D eigenvalue weighted by Gasteiger charge is 2.35. The first-order chi connectivity index (χ1) is 15.8. The molecule has 172 valence electrons. The molecule has 0 spiro atoms. The smallest absolute Gasteiger partial charge is 0.416 e. The number of amides is 1. The Morgan fingerprint density at radius 3 is 2.27 bits per heavy atom. The molecule has 2 N–H and O–H groups in total. The van der Waals surface area contributed by atoms with Gasteiger partial charge in [0.1, 0.15) is 17.3 Å². The van der Waals surface area contributed by atoms with Crippen molar-refractivity contribution in [1.82, 2.24) is 5.32 Å². The molecular weight excluding hydrogens is 436 g/mol. The van der Waals surface area contributed by atoms with Crippen LogP contribution in [0, 0.1) is 11.7 Å². The minimum absolute atomic E-state index is 0.0734. The number of benzene rings is 3. The van der Waals surface area contributed by atoms with Gasteiger partial charge in [-0.05, 0) is 85.5 Å². The zero-order valence-corrected chi connectivity index (χ0v) is 17.5. The van der Waals surface area contributed by atoms with Crippen molar-refractivity contribution in [3.63, 3.8) is 0 Å². The molecule has 0 radical (unpaired) electrons. The van der Waals surface area contributed by atoms with Gasteiger partial charge in [0.25, 0.3) is 0 Å². The van der Waals surface area contributed by atoms with E-state index in [1.54, 1.807) is 30.3 Å². The number of anilines is 1. The molecule has 1 heterocycles. The van der Waals surface area contributed by atoms with E-state index in [1.807, 2.05) is 0 Å². The summed E-state index contributed by atoms with van der Waals surface area (Å²) >= 11 is 0. The van der Waals surface area contributed by atoms with E-state index in [9.17, 15) is 22.4 Å². The van der Waals surface area contributed by atoms with Gasteiger partial charge in [-0.1, -0.05) is 18.2 Å². The number of rotatable bonds is 6. The number of hydrogen-bond donors (Lipinski definition) is 2. The summed E-state index contributed by atoms with van der Waals surface area (Å²) in [4.78, 5) is 12.6. The van der Waals surface area contributed by atoms with Crippen LogP contribution < -0.4 is 15.4 Å². The number of ether oxygens (including phenoxy) is 1. The third-order valence-corrected chi connectivity index (χ3v) is 5.54. The van der Waals surface area contributed by atoms with Crippen molar-refractivity contribution in [3.8, 4) is 11.5 Å². The quantitative estimate of drug-likeness (QED) is 0.460. The van der Waals surface area contributed by atoms with E-state index in [0.717, 1.165) is 6.07 Å². The molecule has 33 heavy (non-hydrogen) atoms. The topological polar surface area (TPSA) is 50.4 Å². The Balaban J connectivity index is 1.31. The number of hydrogen-bond acceptors (Lipinski definition) is 3. The first-order valence-corrected chi connectivity index (χ1v) is 10.5. The van der Waals surface area contributed by atoms with E-state index in [4.69, 9.17) is 4.74 Å². The molecule has 1 aliphatic heterocycles. The Bertz CT molecular complexity index is 1100. The minimum Gasteiger partial charge on any atom is -0.457 e. The lowest BCUT2D eigenvalue weighted by Gasteiger charge is -2.15. The van der Waals surface area contributed by atoms with Gasteiger partial charge in [0.05, 0.1) is 11.6 Å². The molecule has 3 aromatic rings. The Hall–Kier alpha value is -3.39. The second-order valence-electron chi connectivity index (χ2n) is 7.99. The van der Waals surface area contributed by atoms with Crippen LogP contribution in [0.4, 0.5) is 23.2 Å². The maximum absolute atomic E-state index is 13.2. The molecule has 0 aliphatic carbocycles. The second-order valence-corrected chi connectivity index (χ2v) is 7.99. The van der Waals surface area contributed by atoms with Crippen LogP contribution in [0.3, 0.4) is 0 Å². The van der Waals surface area contributed by atoms with Gasteiger partial charge in [-0.15, -0.1) is 0 Å². The summed E-state index contributed by atoms with van der Waals surface area (Å²) in [5.41, 5.74) is 0.189. The van der Waals surface area contributed by atoms with Crippen LogP contribution in [0.25, 0.3) is 0 Å². The standard InChI is InChI=1S/C25H22F4N2O2/c26-18-5-9-20(10-6-18)33-21-11-7-19(8-12-21)31-24(32)23-14-16(15-30-23)13-17-3-1-2-4-22(17)25(27,28)29/h1-12,16,23,30H,13-15H2,(H,31,32)/t16-,23+/m1/s1. The van der Waals surface area contributed by atoms with E-state index >= 15 is 0 Å². The first kappa shape index (κ1) is 22.8. The van der Waals surface area contributed by atoms with Crippen molar-refractivity contribution in [1.29, 1.82) is 0 Å². The first-order valence-electron chi connectivity index (χ1n) is 10.5. The predicted octanol–water partition coefficient (Wildman–Crippen LogP) is 5.80. The predicted molar refractivity (Wildman–Crippen MR) is 117 cm³/mol. The Morgan fingerprint density at radius 2 is 1.61 bits per heavy atom. The molecule has 3 aromatic carbocycles. The largest absolute Gasteiger partial charge is 0.457 e. The van der Waals surface area contributed by atoms with Crippen LogP contribution in [-0.2, 0) is 17.4 Å². The van der Waals surface area contributed by atoms with Crippen LogP contribution in [-0.4, -0.2) is 18.5 Å². The fourth-order valence-corrected chi connectivity index (χ4v) is 3.92. The van der Waals surface area contributed by atoms with Crippen LogP contribution in [0.2, 0.25) is 0 Å². The number of alkyl halides is 3. The molecule has 0 bridgehead atoms. The normalized spacial score (nSPS) is 18.2. The van der Waals surface area contributed by atoms with E-state index < -0.39 is 17.8 Å². The molecule has 4 nitrogen and oxygen atoms in total. The summed E-state index contributed by atoms with van der Waals surface area (Å²) < 4.78 is 58.3. The summed E-state index contributed by atoms with van der Waals surface area (Å²) in [6.07, 6.45) is -3.70. The van der Waals surface area contributed by atoms with Crippen molar-refractivity contribution in [3.05, 3.63) is 89.7 Å². The molecule has 0 saturated carbocycles. The Morgan fingerprint density at radius 1 is 0.970 bits per heavy atom. The zero-order chi connectivity index (χ0) is 23.4. The molecular formula is C25H22F4N2O2. The fraction of sp³-hybridized carbons (Fsp3) is 0.240. The molecule has 8 heteroatoms. The van der Waals surface area contributed by atoms with Crippen molar-refractivity contribution < 1.29 is 27.1 Å². The average Bonchev–Trinajstić information content (AvgIpc) is 3.25. The lowest BCUT2D eigenvalue weighted by atomic mass is 9.93. The summed E-state index contributed by atoms with van der Waals surface area (Å²) in [6.45, 7) is 0.467. The number of halogens is 4. The third-order valence-electron chi connectivity index (χ3n) is 5.54. The molecule has 0 unspecified atom stereocenters. The van der Waals surface area contributed by atoms with Gasteiger partial charge in [-0.25, -0.2) is 4.39 Å². The van der Waals surface area contributed by atoms with Crippen molar-refractivity contribution in [2.45, 2.75) is 25.1 Å². The van der Waals surface area contributed by atoms with Gasteiger partial charge in [0.2, 0.25) is 5.91 Å². The van der Waals surface area contributed by atoms with E-state index in [1.165, 1.54) is 36.4 Å². The van der Waals surface area contributed by atoms with Gasteiger partial charge >= 0.3 is 6.18 Å². The van der Waals surface area contributed by atoms with Crippen LogP contribution >= 0.6 is 0 Å². The summed E-state index contributed by atoms with van der Waals surface area (Å²) in [6, 6.07) is 17.4. The summed E-state index contributed by atoms with van der Waals surface area (Å²) in [5.74, 6) is 0.348. The summed E-state index contributed by atoms with van der Waals surface area (Å²) in [7, 11) is 0. The third kappa shape index (κ3) is 5.90. The maximum atomic E-state index is 13.2. The number of carbonyl (C=O) groups is 1. The molecule has 4 rings (SSSR count). The SMILES string of the molecule is O=C(Nc1ccc(Oc2ccc(F)cc2)cc1)[C@@H]1C[C@@H](Cc2ccccc2C(F)(F)F)CN1. The van der Waals surface area contributed by atoms with Gasteiger partial charge in [0.15, 0.2) is 0 Å². The van der Waals surface area contributed by atoms with Crippen molar-refractivity contribution >= 4 is 11.6 Å². The van der Waals surface area contributed by atoms with Gasteiger partial charge in [-0.2, -0.15) is 13.2 Å². The Kier molecular flexibility index (Phi) is 6.65. The monoisotopic (exact) mass is 458 g/mol. The van der Waals surface area contributed by atoms with Gasteiger partial charge in [0, 0.05) is 5.69 Å². The number of carbonyl (C=O) groups excluding carboxylic acids is 1. The molecule has 1 saturated heterocycles. The zero-order valence-electron chi connectivity index (χ0n) is 17.5. The van der Waals surface area contributed by atoms with Crippen molar-refractivity contribution in [2.75, 3.05) is 11.9 Å². The van der Waals surface area contributed by atoms with Gasteiger partial charge in [-0.3, -0.25) is 4.79 Å². The molecule has 1 fully saturated rings. The number of nitrogens with one attached hydrogen (secondary N) is 2. The minimum atomic E-state index is -4.40. The lowest BCUT2D eigenvalue weighted by molar-refractivity contribution is -0.138. The van der Waals surface area contributed by atoms with E-state index in [-0.39, 0.29) is 29.6 Å². The molecule has 0 aromatic heterocycles. The van der Waals surface area contributed by atoms with Crippen molar-refractivity contribution in [2.24, 2.45) is 5.92 Å². The van der Waals surface area contributed by atoms with E-state index in [0.29, 0.717) is 30.2 Å². The molecule has 1 aliphatic rings. The highest BCUT2D eigenvalue weighted by Crippen LogP contribution is 2.34. The average molecular weight is 458 g/mol. The van der Waals surface area contributed by atoms with Crippen LogP contribution in [0.1, 0.15) is 17.5 Å². The van der Waals surface area contributed by atoms with Crippen LogP contribution in [0.5, 0.6) is 11.5 Å². The maximum Gasteiger partial charge on any atom is 0.416 e. The van der Waals surface area contributed by atoms with Gasteiger partial charge < -0.3 is 15.4 Å². The summed E-state index contributed by atoms with van der Waals surface area (Å²) in [5, 5.41) is 5.92. The van der Waals surface area contributed by atoms with E-state index in [2.05, 4.69) is 10.6 Å². The van der Waals surface area contributed by atoms with Crippen LogP contribution in [0.15, 0.2) is 72.8 Å². The fourth-order valence-electron chi connectivity index (χ4n) is 3.92. The highest BCUT2D eigenvalue weighted by atomic mass is 19.4. The lowest BCUT2D eigenvalue weighted by Crippen LogP contribution is -2.35. The highest BCUT2D eigenvalue weighted by molar-refractivity contribution is 5.95. The Labute approximate surface area is 188 Å².